The second kappa shape index (κ2) is 6.23. The van der Waals surface area contributed by atoms with Crippen molar-refractivity contribution >= 4 is 5.91 Å². The molecule has 0 fully saturated rings. The number of aryl methyl sites for hydroxylation is 1. The van der Waals surface area contributed by atoms with Crippen molar-refractivity contribution in [3.8, 4) is 0 Å². The lowest BCUT2D eigenvalue weighted by Gasteiger charge is -2.06. The highest BCUT2D eigenvalue weighted by Crippen LogP contribution is 1.98. The maximum absolute atomic E-state index is 11.6. The topological polar surface area (TPSA) is 68.0 Å². The van der Waals surface area contributed by atoms with E-state index in [-0.39, 0.29) is 11.9 Å². The van der Waals surface area contributed by atoms with Gasteiger partial charge < -0.3 is 11.1 Å². The average Bonchev–Trinajstić information content (AvgIpc) is 2.24. The van der Waals surface area contributed by atoms with Gasteiger partial charge in [0.05, 0.1) is 0 Å². The normalized spacial score (nSPS) is 12.2. The largest absolute Gasteiger partial charge is 0.351 e. The number of rotatable bonds is 5. The Hall–Kier alpha value is -1.42. The highest BCUT2D eigenvalue weighted by Gasteiger charge is 2.05. The molecule has 1 heterocycles. The van der Waals surface area contributed by atoms with Gasteiger partial charge in [0.15, 0.2) is 0 Å². The van der Waals surface area contributed by atoms with E-state index in [1.807, 2.05) is 26.0 Å². The Bertz CT molecular complexity index is 350. The lowest BCUT2D eigenvalue weighted by Crippen LogP contribution is -2.26. The Morgan fingerprint density at radius 2 is 2.31 bits per heavy atom. The Balaban J connectivity index is 2.35. The molecule has 0 saturated carbocycles. The number of nitrogens with zero attached hydrogens (tertiary/aromatic N) is 1. The fourth-order valence-corrected chi connectivity index (χ4v) is 1.39. The molecule has 88 valence electrons. The van der Waals surface area contributed by atoms with Crippen molar-refractivity contribution in [3.63, 3.8) is 0 Å². The summed E-state index contributed by atoms with van der Waals surface area (Å²) in [6.07, 6.45) is 1.82. The second-order valence-electron chi connectivity index (χ2n) is 4.04. The van der Waals surface area contributed by atoms with Crippen LogP contribution in [0.3, 0.4) is 0 Å². The van der Waals surface area contributed by atoms with Gasteiger partial charge in [-0.3, -0.25) is 4.79 Å². The summed E-state index contributed by atoms with van der Waals surface area (Å²) in [6.45, 7) is 4.48. The van der Waals surface area contributed by atoms with Gasteiger partial charge in [-0.1, -0.05) is 6.07 Å². The molecule has 4 heteroatoms. The summed E-state index contributed by atoms with van der Waals surface area (Å²) in [5.74, 6) is -0.117. The summed E-state index contributed by atoms with van der Waals surface area (Å²) < 4.78 is 0. The molecule has 1 atom stereocenters. The molecule has 1 amide bonds. The fraction of sp³-hybridized carbons (Fsp3) is 0.500. The van der Waals surface area contributed by atoms with Crippen LogP contribution in [0.2, 0.25) is 0 Å². The van der Waals surface area contributed by atoms with E-state index in [0.717, 1.165) is 18.5 Å². The first-order valence-corrected chi connectivity index (χ1v) is 5.57. The number of carbonyl (C=O) groups is 1. The highest BCUT2D eigenvalue weighted by atomic mass is 16.1. The number of aromatic nitrogens is 1. The number of amides is 1. The fourth-order valence-electron chi connectivity index (χ4n) is 1.39. The van der Waals surface area contributed by atoms with Gasteiger partial charge in [0, 0.05) is 18.3 Å². The summed E-state index contributed by atoms with van der Waals surface area (Å²) >= 11 is 0. The van der Waals surface area contributed by atoms with Gasteiger partial charge in [-0.25, -0.2) is 4.98 Å². The van der Waals surface area contributed by atoms with Crippen LogP contribution in [0.5, 0.6) is 0 Å². The Morgan fingerprint density at radius 3 is 2.94 bits per heavy atom. The van der Waals surface area contributed by atoms with E-state index in [4.69, 9.17) is 5.73 Å². The molecule has 0 aliphatic heterocycles. The zero-order chi connectivity index (χ0) is 12.0. The van der Waals surface area contributed by atoms with Crippen LogP contribution in [0.15, 0.2) is 18.2 Å². The van der Waals surface area contributed by atoms with Gasteiger partial charge in [0.25, 0.3) is 5.91 Å². The first kappa shape index (κ1) is 12.6. The first-order chi connectivity index (χ1) is 7.59. The molecule has 1 rings (SSSR count). The Kier molecular flexibility index (Phi) is 4.92. The Labute approximate surface area is 96.3 Å². The zero-order valence-corrected chi connectivity index (χ0v) is 9.86. The third kappa shape index (κ3) is 4.40. The monoisotopic (exact) mass is 221 g/mol. The van der Waals surface area contributed by atoms with E-state index in [9.17, 15) is 4.79 Å². The summed E-state index contributed by atoms with van der Waals surface area (Å²) in [4.78, 5) is 15.8. The maximum atomic E-state index is 11.6. The molecule has 0 spiro atoms. The Morgan fingerprint density at radius 1 is 1.56 bits per heavy atom. The first-order valence-electron chi connectivity index (χ1n) is 5.57. The molecular weight excluding hydrogens is 202 g/mol. The number of carbonyl (C=O) groups excluding carboxylic acids is 1. The zero-order valence-electron chi connectivity index (χ0n) is 9.86. The van der Waals surface area contributed by atoms with Crippen molar-refractivity contribution in [2.45, 2.75) is 32.7 Å². The third-order valence-corrected chi connectivity index (χ3v) is 2.24. The van der Waals surface area contributed by atoms with E-state index >= 15 is 0 Å². The van der Waals surface area contributed by atoms with Crippen molar-refractivity contribution in [2.24, 2.45) is 5.73 Å². The van der Waals surface area contributed by atoms with Crippen molar-refractivity contribution in [3.05, 3.63) is 29.6 Å². The van der Waals surface area contributed by atoms with Gasteiger partial charge in [0.1, 0.15) is 5.69 Å². The molecule has 0 radical (unpaired) electrons. The predicted octanol–water partition coefficient (Wildman–Crippen LogP) is 1.25. The average molecular weight is 221 g/mol. The summed E-state index contributed by atoms with van der Waals surface area (Å²) in [5.41, 5.74) is 6.94. The molecule has 0 aliphatic carbocycles. The smallest absolute Gasteiger partial charge is 0.269 e. The molecule has 1 aromatic heterocycles. The second-order valence-corrected chi connectivity index (χ2v) is 4.04. The van der Waals surface area contributed by atoms with Crippen molar-refractivity contribution in [1.82, 2.24) is 10.3 Å². The number of hydrogen-bond acceptors (Lipinski definition) is 3. The van der Waals surface area contributed by atoms with Crippen molar-refractivity contribution in [2.75, 3.05) is 6.54 Å². The minimum absolute atomic E-state index is 0.117. The molecule has 16 heavy (non-hydrogen) atoms. The minimum atomic E-state index is -0.117. The predicted molar refractivity (Wildman–Crippen MR) is 64.2 cm³/mol. The van der Waals surface area contributed by atoms with Gasteiger partial charge in [-0.2, -0.15) is 0 Å². The number of hydrogen-bond donors (Lipinski definition) is 2. The molecule has 4 nitrogen and oxygen atoms in total. The molecule has 0 saturated heterocycles. The lowest BCUT2D eigenvalue weighted by molar-refractivity contribution is 0.0947. The van der Waals surface area contributed by atoms with Crippen LogP contribution in [-0.2, 0) is 0 Å². The quantitative estimate of drug-likeness (QED) is 0.735. The van der Waals surface area contributed by atoms with Crippen LogP contribution in [0, 0.1) is 6.92 Å². The standard InChI is InChI=1S/C12H19N3O/c1-9(13)5-4-8-14-12(16)11-7-3-6-10(2)15-11/h3,6-7,9H,4-5,8,13H2,1-2H3,(H,14,16). The van der Waals surface area contributed by atoms with Gasteiger partial charge in [-0.05, 0) is 38.8 Å². The summed E-state index contributed by atoms with van der Waals surface area (Å²) in [6, 6.07) is 5.61. The van der Waals surface area contributed by atoms with Crippen molar-refractivity contribution in [1.29, 1.82) is 0 Å². The molecule has 0 aromatic carbocycles. The van der Waals surface area contributed by atoms with E-state index in [0.29, 0.717) is 12.2 Å². The molecule has 1 unspecified atom stereocenters. The number of nitrogens with one attached hydrogen (secondary N) is 1. The van der Waals surface area contributed by atoms with Crippen LogP contribution in [-0.4, -0.2) is 23.5 Å². The third-order valence-electron chi connectivity index (χ3n) is 2.24. The molecule has 1 aromatic rings. The molecule has 3 N–H and O–H groups in total. The van der Waals surface area contributed by atoms with Crippen LogP contribution in [0.1, 0.15) is 35.9 Å². The lowest BCUT2D eigenvalue weighted by atomic mass is 10.2. The van der Waals surface area contributed by atoms with Crippen LogP contribution in [0.25, 0.3) is 0 Å². The number of pyridine rings is 1. The van der Waals surface area contributed by atoms with E-state index in [1.54, 1.807) is 6.07 Å². The SMILES string of the molecule is Cc1cccc(C(=O)NCCCC(C)N)n1. The highest BCUT2D eigenvalue weighted by molar-refractivity contribution is 5.92. The summed E-state index contributed by atoms with van der Waals surface area (Å²) in [7, 11) is 0. The van der Waals surface area contributed by atoms with Gasteiger partial charge >= 0.3 is 0 Å². The molecule has 0 aliphatic rings. The van der Waals surface area contributed by atoms with Crippen LogP contribution in [0.4, 0.5) is 0 Å². The molecule has 0 bridgehead atoms. The maximum Gasteiger partial charge on any atom is 0.269 e. The van der Waals surface area contributed by atoms with Crippen molar-refractivity contribution < 1.29 is 4.79 Å². The molecular formula is C12H19N3O. The number of nitrogens with two attached hydrogens (primary N) is 1. The van der Waals surface area contributed by atoms with Gasteiger partial charge in [0.2, 0.25) is 0 Å². The summed E-state index contributed by atoms with van der Waals surface area (Å²) in [5, 5.41) is 2.82. The minimum Gasteiger partial charge on any atom is -0.351 e. The van der Waals surface area contributed by atoms with Crippen LogP contribution >= 0.6 is 0 Å². The van der Waals surface area contributed by atoms with E-state index < -0.39 is 0 Å². The van der Waals surface area contributed by atoms with E-state index in [1.165, 1.54) is 0 Å². The van der Waals surface area contributed by atoms with E-state index in [2.05, 4.69) is 10.3 Å². The van der Waals surface area contributed by atoms with Crippen LogP contribution < -0.4 is 11.1 Å². The van der Waals surface area contributed by atoms with Gasteiger partial charge in [-0.15, -0.1) is 0 Å².